The molecule has 3 N–H and O–H groups in total. The van der Waals surface area contributed by atoms with Gasteiger partial charge >= 0.3 is 0 Å². The molecule has 3 aliphatic heterocycles. The topological polar surface area (TPSA) is 95.7 Å². The SMILES string of the molecule is CS(=O)(=O)N[C@@H]1CCCN(CCN2[C@@H]3CCC[C@@]2(C(N)=O)CC3)C1. The van der Waals surface area contributed by atoms with Crippen LogP contribution in [0, 0.1) is 0 Å². The van der Waals surface area contributed by atoms with Crippen LogP contribution in [-0.4, -0.2) is 74.2 Å². The van der Waals surface area contributed by atoms with E-state index in [1.54, 1.807) is 0 Å². The predicted molar refractivity (Wildman–Crippen MR) is 92.9 cm³/mol. The third kappa shape index (κ3) is 3.76. The van der Waals surface area contributed by atoms with E-state index in [2.05, 4.69) is 14.5 Å². The molecule has 3 saturated heterocycles. The molecule has 2 bridgehead atoms. The van der Waals surface area contributed by atoms with Gasteiger partial charge in [-0.3, -0.25) is 9.69 Å². The van der Waals surface area contributed by atoms with Gasteiger partial charge in [0, 0.05) is 31.7 Å². The zero-order chi connectivity index (χ0) is 17.4. The molecule has 24 heavy (non-hydrogen) atoms. The molecule has 0 aromatic rings. The molecule has 3 heterocycles. The van der Waals surface area contributed by atoms with Gasteiger partial charge in [-0.2, -0.15) is 0 Å². The van der Waals surface area contributed by atoms with Gasteiger partial charge < -0.3 is 10.6 Å². The highest BCUT2D eigenvalue weighted by atomic mass is 32.2. The Kier molecular flexibility index (Phi) is 5.20. The van der Waals surface area contributed by atoms with Crippen molar-refractivity contribution < 1.29 is 13.2 Å². The van der Waals surface area contributed by atoms with Gasteiger partial charge in [0.2, 0.25) is 15.9 Å². The Bertz CT molecular complexity index is 578. The Morgan fingerprint density at radius 1 is 1.21 bits per heavy atom. The number of likely N-dealkylation sites (tertiary alicyclic amines) is 1. The number of nitrogens with two attached hydrogens (primary N) is 1. The Hall–Kier alpha value is -0.700. The molecule has 3 rings (SSSR count). The van der Waals surface area contributed by atoms with Crippen molar-refractivity contribution >= 4 is 15.9 Å². The average molecular weight is 359 g/mol. The molecule has 0 radical (unpaired) electrons. The molecule has 0 aromatic carbocycles. The molecule has 7 nitrogen and oxygen atoms in total. The van der Waals surface area contributed by atoms with Crippen molar-refractivity contribution in [3.63, 3.8) is 0 Å². The molecule has 8 heteroatoms. The fraction of sp³-hybridized carbons (Fsp3) is 0.938. The molecule has 0 aliphatic carbocycles. The lowest BCUT2D eigenvalue weighted by Crippen LogP contribution is -2.59. The predicted octanol–water partition coefficient (Wildman–Crippen LogP) is -0.128. The first-order chi connectivity index (χ1) is 11.3. The number of fused-ring (bicyclic) bond motifs is 2. The van der Waals surface area contributed by atoms with Crippen LogP contribution in [0.4, 0.5) is 0 Å². The monoisotopic (exact) mass is 358 g/mol. The van der Waals surface area contributed by atoms with Gasteiger partial charge in [-0.05, 0) is 51.5 Å². The van der Waals surface area contributed by atoms with E-state index in [4.69, 9.17) is 5.73 Å². The number of hydrogen-bond donors (Lipinski definition) is 2. The van der Waals surface area contributed by atoms with Crippen LogP contribution in [0.1, 0.15) is 44.9 Å². The first-order valence-corrected chi connectivity index (χ1v) is 11.0. The molecule has 0 aromatic heterocycles. The van der Waals surface area contributed by atoms with Crippen molar-refractivity contribution in [2.75, 3.05) is 32.4 Å². The van der Waals surface area contributed by atoms with Crippen molar-refractivity contribution in [3.05, 3.63) is 0 Å². The summed E-state index contributed by atoms with van der Waals surface area (Å²) in [6, 6.07) is 0.484. The highest BCUT2D eigenvalue weighted by Gasteiger charge is 2.52. The second-order valence-electron chi connectivity index (χ2n) is 7.70. The van der Waals surface area contributed by atoms with E-state index >= 15 is 0 Å². The van der Waals surface area contributed by atoms with E-state index < -0.39 is 15.6 Å². The van der Waals surface area contributed by atoms with Crippen LogP contribution in [0.15, 0.2) is 0 Å². The molecule has 0 spiro atoms. The minimum absolute atomic E-state index is 0.00284. The largest absolute Gasteiger partial charge is 0.368 e. The number of primary amides is 1. The summed E-state index contributed by atoms with van der Waals surface area (Å²) >= 11 is 0. The molecule has 1 amide bonds. The van der Waals surface area contributed by atoms with E-state index in [9.17, 15) is 13.2 Å². The first kappa shape index (κ1) is 18.1. The number of nitrogens with zero attached hydrogens (tertiary/aromatic N) is 2. The summed E-state index contributed by atoms with van der Waals surface area (Å²) in [6.07, 6.45) is 8.21. The summed E-state index contributed by atoms with van der Waals surface area (Å²) in [5, 5.41) is 0. The molecule has 0 saturated carbocycles. The minimum atomic E-state index is -3.16. The van der Waals surface area contributed by atoms with E-state index in [-0.39, 0.29) is 11.9 Å². The quantitative estimate of drug-likeness (QED) is 0.690. The number of rotatable bonds is 6. The summed E-state index contributed by atoms with van der Waals surface area (Å²) in [6.45, 7) is 3.45. The van der Waals surface area contributed by atoms with Gasteiger partial charge in [-0.25, -0.2) is 13.1 Å². The maximum absolute atomic E-state index is 12.1. The molecule has 3 fully saturated rings. The fourth-order valence-electron chi connectivity index (χ4n) is 4.94. The van der Waals surface area contributed by atoms with Crippen molar-refractivity contribution in [3.8, 4) is 0 Å². The zero-order valence-corrected chi connectivity index (χ0v) is 15.4. The maximum Gasteiger partial charge on any atom is 0.237 e. The Morgan fingerprint density at radius 3 is 2.71 bits per heavy atom. The highest BCUT2D eigenvalue weighted by Crippen LogP contribution is 2.43. The Balaban J connectivity index is 1.58. The molecular weight excluding hydrogens is 328 g/mol. The standard InChI is InChI=1S/C16H30N4O3S/c1-24(22,23)18-13-4-3-9-19(12-13)10-11-20-14-5-2-7-16(20,8-6-14)15(17)21/h13-14,18H,2-12H2,1H3,(H2,17,21)/t13-,14-,16+/m1/s1. The van der Waals surface area contributed by atoms with Crippen molar-refractivity contribution in [2.45, 2.75) is 62.6 Å². The summed E-state index contributed by atoms with van der Waals surface area (Å²) in [7, 11) is -3.16. The number of amides is 1. The summed E-state index contributed by atoms with van der Waals surface area (Å²) in [5.74, 6) is -0.167. The number of carbonyl (C=O) groups excluding carboxylic acids is 1. The first-order valence-electron chi connectivity index (χ1n) is 9.06. The van der Waals surface area contributed by atoms with E-state index in [1.165, 1.54) is 6.26 Å². The smallest absolute Gasteiger partial charge is 0.237 e. The van der Waals surface area contributed by atoms with E-state index in [1.807, 2.05) is 0 Å². The normalized spacial score (nSPS) is 35.2. The van der Waals surface area contributed by atoms with Gasteiger partial charge in [0.25, 0.3) is 0 Å². The molecule has 3 aliphatic rings. The number of piperidine rings is 2. The van der Waals surface area contributed by atoms with Crippen LogP contribution in [0.3, 0.4) is 0 Å². The van der Waals surface area contributed by atoms with Crippen LogP contribution in [0.2, 0.25) is 0 Å². The summed E-state index contributed by atoms with van der Waals surface area (Å²) in [4.78, 5) is 16.8. The average Bonchev–Trinajstić information content (AvgIpc) is 2.69. The van der Waals surface area contributed by atoms with Gasteiger partial charge in [-0.1, -0.05) is 0 Å². The minimum Gasteiger partial charge on any atom is -0.368 e. The van der Waals surface area contributed by atoms with Crippen LogP contribution in [-0.2, 0) is 14.8 Å². The molecular formula is C16H30N4O3S. The van der Waals surface area contributed by atoms with Crippen LogP contribution >= 0.6 is 0 Å². The highest BCUT2D eigenvalue weighted by molar-refractivity contribution is 7.88. The van der Waals surface area contributed by atoms with Crippen molar-refractivity contribution in [1.29, 1.82) is 0 Å². The second-order valence-corrected chi connectivity index (χ2v) is 9.48. The van der Waals surface area contributed by atoms with E-state index in [0.717, 1.165) is 71.1 Å². The fourth-order valence-corrected chi connectivity index (χ4v) is 5.74. The third-order valence-electron chi connectivity index (χ3n) is 6.01. The lowest BCUT2D eigenvalue weighted by atomic mass is 9.87. The Morgan fingerprint density at radius 2 is 2.00 bits per heavy atom. The zero-order valence-electron chi connectivity index (χ0n) is 14.5. The lowest BCUT2D eigenvalue weighted by molar-refractivity contribution is -0.131. The molecule has 0 unspecified atom stereocenters. The van der Waals surface area contributed by atoms with Gasteiger partial charge in [0.15, 0.2) is 0 Å². The second kappa shape index (κ2) is 6.90. The number of sulfonamides is 1. The van der Waals surface area contributed by atoms with E-state index in [0.29, 0.717) is 6.04 Å². The van der Waals surface area contributed by atoms with Crippen LogP contribution < -0.4 is 10.5 Å². The lowest BCUT2D eigenvalue weighted by Gasteiger charge is -2.44. The number of hydrogen-bond acceptors (Lipinski definition) is 5. The Labute approximate surface area is 145 Å². The van der Waals surface area contributed by atoms with Gasteiger partial charge in [-0.15, -0.1) is 0 Å². The molecule has 3 atom stereocenters. The molecule has 138 valence electrons. The summed E-state index contributed by atoms with van der Waals surface area (Å²) < 4.78 is 25.6. The summed E-state index contributed by atoms with van der Waals surface area (Å²) in [5.41, 5.74) is 5.33. The third-order valence-corrected chi connectivity index (χ3v) is 6.77. The van der Waals surface area contributed by atoms with Crippen molar-refractivity contribution in [2.24, 2.45) is 5.73 Å². The van der Waals surface area contributed by atoms with Gasteiger partial charge in [0.05, 0.1) is 6.26 Å². The number of nitrogens with one attached hydrogen (secondary N) is 1. The van der Waals surface area contributed by atoms with Gasteiger partial charge in [0.1, 0.15) is 5.54 Å². The number of carbonyl (C=O) groups is 1. The van der Waals surface area contributed by atoms with Crippen LogP contribution in [0.5, 0.6) is 0 Å². The van der Waals surface area contributed by atoms with Crippen LogP contribution in [0.25, 0.3) is 0 Å². The maximum atomic E-state index is 12.1. The van der Waals surface area contributed by atoms with Crippen molar-refractivity contribution in [1.82, 2.24) is 14.5 Å².